The fraction of sp³-hybridized carbons (Fsp3) is 0.444. The van der Waals surface area contributed by atoms with Gasteiger partial charge < -0.3 is 10.1 Å². The van der Waals surface area contributed by atoms with E-state index in [1.165, 1.54) is 7.11 Å². The number of para-hydroxylation sites is 2. The van der Waals surface area contributed by atoms with Crippen LogP contribution >= 0.6 is 0 Å². The minimum Gasteiger partial charge on any atom is -0.495 e. The van der Waals surface area contributed by atoms with E-state index < -0.39 is 23.4 Å². The van der Waals surface area contributed by atoms with E-state index in [0.717, 1.165) is 36.9 Å². The molecule has 0 radical (unpaired) electrons. The number of allylic oxidation sites excluding steroid dienone is 1. The maximum atomic E-state index is 13.8. The molecular weight excluding hydrogens is 361 g/mol. The zero-order valence-electron chi connectivity index (χ0n) is 14.8. The minimum atomic E-state index is -4.73. The van der Waals surface area contributed by atoms with E-state index in [1.54, 1.807) is 24.3 Å². The highest BCUT2D eigenvalue weighted by atomic mass is 19.4. The van der Waals surface area contributed by atoms with Crippen LogP contribution in [0.1, 0.15) is 25.7 Å². The van der Waals surface area contributed by atoms with E-state index in [2.05, 4.69) is 15.7 Å². The predicted molar refractivity (Wildman–Crippen MR) is 95.3 cm³/mol. The average molecular weight is 382 g/mol. The van der Waals surface area contributed by atoms with Gasteiger partial charge in [-0.05, 0) is 25.0 Å². The number of hydrogen-bond donors (Lipinski definition) is 2. The normalized spacial score (nSPS) is 18.0. The molecule has 1 aliphatic carbocycles. The average Bonchev–Trinajstić information content (AvgIpc) is 3.14. The number of nitrogens with zero attached hydrogens (tertiary/aromatic N) is 2. The van der Waals surface area contributed by atoms with E-state index in [9.17, 15) is 18.0 Å². The van der Waals surface area contributed by atoms with E-state index in [0.29, 0.717) is 11.4 Å². The Morgan fingerprint density at radius 3 is 2.63 bits per heavy atom. The molecular formula is C18H21F3N4O2. The predicted octanol–water partition coefficient (Wildman–Crippen LogP) is 3.24. The van der Waals surface area contributed by atoms with E-state index in [4.69, 9.17) is 4.74 Å². The SMILES string of the molecule is COc1ccccc1NN1CN=CC(C(=O)NC2CCCC2)=C1C(F)(F)F. The number of halogens is 3. The van der Waals surface area contributed by atoms with Crippen molar-refractivity contribution in [2.24, 2.45) is 4.99 Å². The van der Waals surface area contributed by atoms with Crippen LogP contribution in [0, 0.1) is 0 Å². The molecule has 2 N–H and O–H groups in total. The number of rotatable bonds is 5. The molecule has 1 fully saturated rings. The molecule has 9 heteroatoms. The topological polar surface area (TPSA) is 66.0 Å². The first-order valence-electron chi connectivity index (χ1n) is 8.69. The highest BCUT2D eigenvalue weighted by Crippen LogP contribution is 2.34. The third-order valence-corrected chi connectivity index (χ3v) is 4.53. The summed E-state index contributed by atoms with van der Waals surface area (Å²) in [5.74, 6) is -0.380. The van der Waals surface area contributed by atoms with Crippen LogP contribution in [0.25, 0.3) is 0 Å². The van der Waals surface area contributed by atoms with Crippen LogP contribution in [-0.2, 0) is 4.79 Å². The van der Waals surface area contributed by atoms with Gasteiger partial charge in [0.25, 0.3) is 5.91 Å². The van der Waals surface area contributed by atoms with Crippen molar-refractivity contribution < 1.29 is 22.7 Å². The number of nitrogens with one attached hydrogen (secondary N) is 2. The first kappa shape index (κ1) is 19.1. The molecule has 0 bridgehead atoms. The fourth-order valence-corrected chi connectivity index (χ4v) is 3.27. The Balaban J connectivity index is 1.90. The van der Waals surface area contributed by atoms with Gasteiger partial charge in [0.1, 0.15) is 12.4 Å². The third-order valence-electron chi connectivity index (χ3n) is 4.53. The van der Waals surface area contributed by atoms with Crippen LogP contribution < -0.4 is 15.5 Å². The number of amides is 1. The van der Waals surface area contributed by atoms with Gasteiger partial charge in [0, 0.05) is 12.3 Å². The van der Waals surface area contributed by atoms with Crippen molar-refractivity contribution in [2.45, 2.75) is 37.9 Å². The van der Waals surface area contributed by atoms with Crippen molar-refractivity contribution >= 4 is 17.8 Å². The quantitative estimate of drug-likeness (QED) is 0.821. The van der Waals surface area contributed by atoms with Gasteiger partial charge in [-0.25, -0.2) is 0 Å². The number of benzene rings is 1. The molecule has 1 aromatic rings. The Labute approximate surface area is 155 Å². The number of methoxy groups -OCH3 is 1. The Kier molecular flexibility index (Phi) is 5.57. The maximum absolute atomic E-state index is 13.8. The summed E-state index contributed by atoms with van der Waals surface area (Å²) in [5, 5.41) is 3.51. The van der Waals surface area contributed by atoms with Crippen molar-refractivity contribution in [3.05, 3.63) is 35.5 Å². The first-order valence-corrected chi connectivity index (χ1v) is 8.69. The molecule has 1 aliphatic heterocycles. The smallest absolute Gasteiger partial charge is 0.433 e. The lowest BCUT2D eigenvalue weighted by molar-refractivity contribution is -0.122. The van der Waals surface area contributed by atoms with Crippen molar-refractivity contribution in [2.75, 3.05) is 19.2 Å². The van der Waals surface area contributed by atoms with Crippen LogP contribution in [0.3, 0.4) is 0 Å². The van der Waals surface area contributed by atoms with Gasteiger partial charge in [-0.3, -0.25) is 20.2 Å². The number of carbonyl (C=O) groups excluding carboxylic acids is 1. The molecule has 6 nitrogen and oxygen atoms in total. The molecule has 3 rings (SSSR count). The van der Waals surface area contributed by atoms with Crippen LogP contribution in [-0.4, -0.2) is 43.1 Å². The zero-order valence-corrected chi connectivity index (χ0v) is 14.8. The molecule has 0 atom stereocenters. The second-order valence-corrected chi connectivity index (χ2v) is 6.41. The molecule has 0 saturated heterocycles. The summed E-state index contributed by atoms with van der Waals surface area (Å²) in [5.41, 5.74) is 1.45. The molecule has 146 valence electrons. The molecule has 0 aromatic heterocycles. The third kappa shape index (κ3) is 4.35. The molecule has 0 spiro atoms. The van der Waals surface area contributed by atoms with Gasteiger partial charge in [-0.15, -0.1) is 0 Å². The summed E-state index contributed by atoms with van der Waals surface area (Å²) in [6.45, 7) is -0.285. The van der Waals surface area contributed by atoms with Gasteiger partial charge >= 0.3 is 6.18 Å². The van der Waals surface area contributed by atoms with E-state index in [1.807, 2.05) is 0 Å². The molecule has 1 saturated carbocycles. The second-order valence-electron chi connectivity index (χ2n) is 6.41. The van der Waals surface area contributed by atoms with Crippen LogP contribution in [0.5, 0.6) is 5.75 Å². The van der Waals surface area contributed by atoms with Crippen LogP contribution in [0.2, 0.25) is 0 Å². The fourth-order valence-electron chi connectivity index (χ4n) is 3.27. The summed E-state index contributed by atoms with van der Waals surface area (Å²) >= 11 is 0. The number of aliphatic imine (C=N–C) groups is 1. The van der Waals surface area contributed by atoms with Gasteiger partial charge in [0.2, 0.25) is 0 Å². The summed E-state index contributed by atoms with van der Waals surface area (Å²) in [4.78, 5) is 16.4. The van der Waals surface area contributed by atoms with Gasteiger partial charge in [0.05, 0.1) is 18.4 Å². The van der Waals surface area contributed by atoms with Gasteiger partial charge in [-0.1, -0.05) is 25.0 Å². The minimum absolute atomic E-state index is 0.0922. The lowest BCUT2D eigenvalue weighted by Crippen LogP contribution is -2.44. The van der Waals surface area contributed by atoms with Crippen molar-refractivity contribution in [3.8, 4) is 5.75 Å². The monoisotopic (exact) mass is 382 g/mol. The van der Waals surface area contributed by atoms with E-state index in [-0.39, 0.29) is 12.7 Å². The number of anilines is 1. The number of hydrazine groups is 1. The number of alkyl halides is 3. The largest absolute Gasteiger partial charge is 0.495 e. The number of ether oxygens (including phenoxy) is 1. The summed E-state index contributed by atoms with van der Waals surface area (Å²) in [6.07, 6.45) is -0.254. The van der Waals surface area contributed by atoms with Crippen molar-refractivity contribution in [1.82, 2.24) is 10.3 Å². The number of carbonyl (C=O) groups is 1. The lowest BCUT2D eigenvalue weighted by Gasteiger charge is -2.32. The molecule has 1 heterocycles. The Morgan fingerprint density at radius 2 is 1.96 bits per heavy atom. The van der Waals surface area contributed by atoms with Crippen molar-refractivity contribution in [1.29, 1.82) is 0 Å². The Bertz CT molecular complexity index is 755. The lowest BCUT2D eigenvalue weighted by atomic mass is 10.1. The summed E-state index contributed by atoms with van der Waals surface area (Å²) in [7, 11) is 1.43. The van der Waals surface area contributed by atoms with Gasteiger partial charge in [-0.2, -0.15) is 13.2 Å². The first-order chi connectivity index (χ1) is 12.9. The Hall–Kier alpha value is -2.71. The Morgan fingerprint density at radius 1 is 1.26 bits per heavy atom. The maximum Gasteiger partial charge on any atom is 0.433 e. The summed E-state index contributed by atoms with van der Waals surface area (Å²) < 4.78 is 46.5. The molecule has 0 unspecified atom stereocenters. The zero-order chi connectivity index (χ0) is 19.4. The summed E-state index contributed by atoms with van der Waals surface area (Å²) in [6, 6.07) is 6.50. The highest BCUT2D eigenvalue weighted by Gasteiger charge is 2.43. The number of hydrogen-bond acceptors (Lipinski definition) is 5. The van der Waals surface area contributed by atoms with Gasteiger partial charge in [0.15, 0.2) is 5.70 Å². The molecule has 1 amide bonds. The van der Waals surface area contributed by atoms with Crippen LogP contribution in [0.4, 0.5) is 18.9 Å². The molecule has 1 aromatic carbocycles. The molecule has 2 aliphatic rings. The standard InChI is InChI=1S/C18H21F3N4O2/c1-27-15-9-5-4-8-14(15)24-25-11-22-10-13(16(25)18(19,20)21)17(26)23-12-6-2-3-7-12/h4-5,8-10,12,24H,2-3,6-7,11H2,1H3,(H,23,26). The van der Waals surface area contributed by atoms with E-state index >= 15 is 0 Å². The molecule has 27 heavy (non-hydrogen) atoms. The highest BCUT2D eigenvalue weighted by molar-refractivity contribution is 6.13. The van der Waals surface area contributed by atoms with Crippen molar-refractivity contribution in [3.63, 3.8) is 0 Å². The second kappa shape index (κ2) is 7.89. The van der Waals surface area contributed by atoms with Crippen LogP contribution in [0.15, 0.2) is 40.5 Å².